The predicted molar refractivity (Wildman–Crippen MR) is 129 cm³/mol. The zero-order valence-corrected chi connectivity index (χ0v) is 20.4. The van der Waals surface area contributed by atoms with E-state index in [0.29, 0.717) is 31.4 Å². The van der Waals surface area contributed by atoms with Crippen LogP contribution in [-0.2, 0) is 19.1 Å². The van der Waals surface area contributed by atoms with Crippen LogP contribution in [0.25, 0.3) is 0 Å². The molecule has 2 N–H and O–H groups in total. The van der Waals surface area contributed by atoms with Gasteiger partial charge in [0.15, 0.2) is 6.10 Å². The molecule has 0 spiro atoms. The molecule has 1 heterocycles. The van der Waals surface area contributed by atoms with Gasteiger partial charge in [-0.1, -0.05) is 50.3 Å². The number of ether oxygens (including phenoxy) is 3. The summed E-state index contributed by atoms with van der Waals surface area (Å²) in [6.07, 6.45) is 5.80. The van der Waals surface area contributed by atoms with Gasteiger partial charge in [0, 0.05) is 18.8 Å². The number of esters is 2. The number of fused-ring (bicyclic) bond motifs is 1. The number of carbonyl (C=O) groups is 2. The molecule has 0 radical (unpaired) electrons. The molecule has 0 saturated carbocycles. The Kier molecular flexibility index (Phi) is 8.29. The third-order valence-electron chi connectivity index (χ3n) is 7.35. The predicted octanol–water partition coefficient (Wildman–Crippen LogP) is 3.73. The van der Waals surface area contributed by atoms with Gasteiger partial charge in [-0.15, -0.1) is 0 Å². The second-order valence-electron chi connectivity index (χ2n) is 9.96. The fourth-order valence-corrected chi connectivity index (χ4v) is 5.59. The normalized spacial score (nSPS) is 33.2. The van der Waals surface area contributed by atoms with Crippen molar-refractivity contribution in [2.75, 3.05) is 0 Å². The Balaban J connectivity index is 1.47. The summed E-state index contributed by atoms with van der Waals surface area (Å²) in [5, 5.41) is 20.4. The first-order valence-electron chi connectivity index (χ1n) is 12.7. The minimum absolute atomic E-state index is 0.0497. The van der Waals surface area contributed by atoms with Gasteiger partial charge >= 0.3 is 11.9 Å². The van der Waals surface area contributed by atoms with E-state index in [1.54, 1.807) is 12.1 Å². The van der Waals surface area contributed by atoms with Crippen LogP contribution in [0.4, 0.5) is 0 Å². The average Bonchev–Trinajstić information content (AvgIpc) is 2.82. The van der Waals surface area contributed by atoms with Gasteiger partial charge in [-0.2, -0.15) is 0 Å². The molecule has 1 aromatic carbocycles. The highest BCUT2D eigenvalue weighted by Gasteiger charge is 2.43. The van der Waals surface area contributed by atoms with Crippen LogP contribution in [0, 0.1) is 17.8 Å². The summed E-state index contributed by atoms with van der Waals surface area (Å²) in [4.78, 5) is 24.9. The lowest BCUT2D eigenvalue weighted by Gasteiger charge is -2.43. The zero-order valence-electron chi connectivity index (χ0n) is 20.4. The summed E-state index contributed by atoms with van der Waals surface area (Å²) < 4.78 is 17.4. The zero-order chi connectivity index (χ0) is 24.9. The highest BCUT2D eigenvalue weighted by atomic mass is 16.6. The number of aliphatic hydroxyl groups excluding tert-OH is 2. The first kappa shape index (κ1) is 25.5. The van der Waals surface area contributed by atoms with Crippen LogP contribution in [0.15, 0.2) is 54.1 Å². The van der Waals surface area contributed by atoms with Gasteiger partial charge in [0.1, 0.15) is 18.0 Å². The smallest absolute Gasteiger partial charge is 0.347 e. The Morgan fingerprint density at radius 1 is 1.17 bits per heavy atom. The first-order valence-corrected chi connectivity index (χ1v) is 12.7. The summed E-state index contributed by atoms with van der Waals surface area (Å²) in [5.74, 6) is 0.116. The SMILES string of the molecule is CC[C@H](Oc1ccccc1)C(=O)OC1CC(O)C=C2C=CC(C)C(CC[C@@H]3C[C@@H](O)CC(=O)O3)C21. The molecule has 2 aliphatic carbocycles. The van der Waals surface area contributed by atoms with Crippen LogP contribution in [0.1, 0.15) is 52.4 Å². The molecule has 7 heteroatoms. The van der Waals surface area contributed by atoms with E-state index in [2.05, 4.69) is 13.0 Å². The molecule has 0 aromatic heterocycles. The van der Waals surface area contributed by atoms with E-state index in [-0.39, 0.29) is 36.2 Å². The molecule has 8 atom stereocenters. The van der Waals surface area contributed by atoms with E-state index in [9.17, 15) is 19.8 Å². The monoisotopic (exact) mass is 484 g/mol. The molecule has 0 bridgehead atoms. The molecule has 4 rings (SSSR count). The largest absolute Gasteiger partial charge is 0.479 e. The maximum Gasteiger partial charge on any atom is 0.347 e. The molecule has 1 aliphatic heterocycles. The number of para-hydroxylation sites is 1. The number of hydrogen-bond acceptors (Lipinski definition) is 7. The fourth-order valence-electron chi connectivity index (χ4n) is 5.59. The molecule has 1 saturated heterocycles. The van der Waals surface area contributed by atoms with Gasteiger partial charge in [0.25, 0.3) is 0 Å². The van der Waals surface area contributed by atoms with E-state index in [1.165, 1.54) is 0 Å². The maximum absolute atomic E-state index is 13.1. The molecule has 0 amide bonds. The molecule has 5 unspecified atom stereocenters. The van der Waals surface area contributed by atoms with Crippen LogP contribution >= 0.6 is 0 Å². The van der Waals surface area contributed by atoms with Crippen molar-refractivity contribution in [1.29, 1.82) is 0 Å². The minimum Gasteiger partial charge on any atom is -0.479 e. The maximum atomic E-state index is 13.1. The Morgan fingerprint density at radius 2 is 1.94 bits per heavy atom. The average molecular weight is 485 g/mol. The lowest BCUT2D eigenvalue weighted by atomic mass is 9.66. The van der Waals surface area contributed by atoms with Gasteiger partial charge in [-0.25, -0.2) is 4.79 Å². The van der Waals surface area contributed by atoms with Crippen molar-refractivity contribution in [3.05, 3.63) is 54.1 Å². The molecule has 190 valence electrons. The number of rotatable bonds is 8. The van der Waals surface area contributed by atoms with Crippen LogP contribution < -0.4 is 4.74 Å². The van der Waals surface area contributed by atoms with Crippen molar-refractivity contribution in [1.82, 2.24) is 0 Å². The van der Waals surface area contributed by atoms with Gasteiger partial charge in [-0.3, -0.25) is 4.79 Å². The van der Waals surface area contributed by atoms with Gasteiger partial charge in [0.2, 0.25) is 0 Å². The number of benzene rings is 1. The van der Waals surface area contributed by atoms with E-state index < -0.39 is 30.4 Å². The van der Waals surface area contributed by atoms with Crippen LogP contribution in [0.3, 0.4) is 0 Å². The van der Waals surface area contributed by atoms with Crippen molar-refractivity contribution in [2.24, 2.45) is 17.8 Å². The number of hydrogen-bond donors (Lipinski definition) is 2. The van der Waals surface area contributed by atoms with Gasteiger partial charge < -0.3 is 24.4 Å². The lowest BCUT2D eigenvalue weighted by Crippen LogP contribution is -2.44. The fraction of sp³-hybridized carbons (Fsp3) is 0.571. The number of cyclic esters (lactones) is 1. The number of aliphatic hydroxyl groups is 2. The molecule has 1 fully saturated rings. The molecule has 3 aliphatic rings. The lowest BCUT2D eigenvalue weighted by molar-refractivity contribution is -0.165. The Labute approximate surface area is 206 Å². The third-order valence-corrected chi connectivity index (χ3v) is 7.35. The van der Waals surface area contributed by atoms with E-state index >= 15 is 0 Å². The summed E-state index contributed by atoms with van der Waals surface area (Å²) in [7, 11) is 0. The molecular formula is C28H36O7. The highest BCUT2D eigenvalue weighted by Crippen LogP contribution is 2.44. The standard InChI is InChI=1S/C28H36O7/c1-3-24(33-21-7-5-4-6-8-21)28(32)35-25-15-19(29)13-18-10-9-17(2)23(27(18)25)12-11-22-14-20(30)16-26(31)34-22/h4-10,13,17,19-20,22-25,27,29-30H,3,11-12,14-16H2,1-2H3/t17?,19?,20-,22-,23?,24+,25?,27?/m1/s1. The van der Waals surface area contributed by atoms with E-state index in [4.69, 9.17) is 14.2 Å². The van der Waals surface area contributed by atoms with Crippen molar-refractivity contribution in [2.45, 2.75) is 82.9 Å². The molecule has 1 aromatic rings. The number of carbonyl (C=O) groups excluding carboxylic acids is 2. The quantitative estimate of drug-likeness (QED) is 0.542. The van der Waals surface area contributed by atoms with Gasteiger partial charge in [-0.05, 0) is 48.8 Å². The van der Waals surface area contributed by atoms with Crippen molar-refractivity contribution in [3.8, 4) is 5.75 Å². The van der Waals surface area contributed by atoms with E-state index in [0.717, 1.165) is 12.0 Å². The molecule has 7 nitrogen and oxygen atoms in total. The topological polar surface area (TPSA) is 102 Å². The van der Waals surface area contributed by atoms with Crippen molar-refractivity contribution < 1.29 is 34.0 Å². The van der Waals surface area contributed by atoms with Gasteiger partial charge in [0.05, 0.1) is 18.6 Å². The highest BCUT2D eigenvalue weighted by molar-refractivity contribution is 5.75. The Hall–Kier alpha value is -2.64. The number of allylic oxidation sites excluding steroid dienone is 2. The van der Waals surface area contributed by atoms with E-state index in [1.807, 2.05) is 37.3 Å². The van der Waals surface area contributed by atoms with Crippen LogP contribution in [0.5, 0.6) is 5.75 Å². The summed E-state index contributed by atoms with van der Waals surface area (Å²) in [5.41, 5.74) is 0.974. The molecular weight excluding hydrogens is 448 g/mol. The summed E-state index contributed by atoms with van der Waals surface area (Å²) >= 11 is 0. The Morgan fingerprint density at radius 3 is 2.66 bits per heavy atom. The molecule has 35 heavy (non-hydrogen) atoms. The first-order chi connectivity index (χ1) is 16.8. The Bertz CT molecular complexity index is 940. The second-order valence-corrected chi connectivity index (χ2v) is 9.96. The van der Waals surface area contributed by atoms with Crippen LogP contribution in [0.2, 0.25) is 0 Å². The van der Waals surface area contributed by atoms with Crippen molar-refractivity contribution in [3.63, 3.8) is 0 Å². The van der Waals surface area contributed by atoms with Crippen LogP contribution in [-0.4, -0.2) is 52.7 Å². The second kappa shape index (κ2) is 11.4. The van der Waals surface area contributed by atoms with Crippen molar-refractivity contribution >= 4 is 11.9 Å². The summed E-state index contributed by atoms with van der Waals surface area (Å²) in [6, 6.07) is 9.20. The third kappa shape index (κ3) is 6.33. The summed E-state index contributed by atoms with van der Waals surface area (Å²) in [6.45, 7) is 4.01. The minimum atomic E-state index is -0.734.